The van der Waals surface area contributed by atoms with Crippen molar-refractivity contribution in [2.45, 2.75) is 25.9 Å². The minimum absolute atomic E-state index is 0.0896. The number of aliphatic hydroxyl groups excluding tert-OH is 1. The summed E-state index contributed by atoms with van der Waals surface area (Å²) >= 11 is 0. The summed E-state index contributed by atoms with van der Waals surface area (Å²) < 4.78 is 5.48. The number of amides is 1. The quantitative estimate of drug-likeness (QED) is 0.301. The first-order chi connectivity index (χ1) is 16.8. The second-order valence-corrected chi connectivity index (χ2v) is 8.78. The molecule has 0 spiro atoms. The summed E-state index contributed by atoms with van der Waals surface area (Å²) in [5, 5.41) is 11.3. The van der Waals surface area contributed by atoms with Crippen LogP contribution in [0.3, 0.4) is 0 Å². The van der Waals surface area contributed by atoms with Crippen molar-refractivity contribution >= 4 is 23.1 Å². The molecule has 0 aromatic heterocycles. The van der Waals surface area contributed by atoms with E-state index < -0.39 is 17.7 Å². The van der Waals surface area contributed by atoms with Gasteiger partial charge in [-0.1, -0.05) is 61.5 Å². The Morgan fingerprint density at radius 2 is 1.63 bits per heavy atom. The van der Waals surface area contributed by atoms with Gasteiger partial charge >= 0.3 is 0 Å². The molecule has 3 aromatic rings. The number of benzene rings is 3. The van der Waals surface area contributed by atoms with Crippen molar-refractivity contribution in [2.24, 2.45) is 0 Å². The lowest BCUT2D eigenvalue weighted by Gasteiger charge is -2.26. The smallest absolute Gasteiger partial charge is 0.295 e. The van der Waals surface area contributed by atoms with Gasteiger partial charge in [0.15, 0.2) is 0 Å². The van der Waals surface area contributed by atoms with Crippen LogP contribution < -0.4 is 9.64 Å². The van der Waals surface area contributed by atoms with Crippen LogP contribution in [-0.2, 0) is 22.6 Å². The molecule has 180 valence electrons. The highest BCUT2D eigenvalue weighted by atomic mass is 16.5. The van der Waals surface area contributed by atoms with Crippen LogP contribution in [-0.4, -0.2) is 42.9 Å². The minimum Gasteiger partial charge on any atom is -0.507 e. The Labute approximate surface area is 206 Å². The molecule has 1 amide bonds. The van der Waals surface area contributed by atoms with E-state index in [9.17, 15) is 14.7 Å². The number of anilines is 1. The van der Waals surface area contributed by atoms with Crippen LogP contribution in [0.4, 0.5) is 5.69 Å². The number of Topliss-reactive ketones (excluding diaryl/α,β-unsaturated/α-hetero) is 1. The van der Waals surface area contributed by atoms with E-state index in [2.05, 4.69) is 6.92 Å². The van der Waals surface area contributed by atoms with Crippen molar-refractivity contribution in [2.75, 3.05) is 26.1 Å². The second-order valence-electron chi connectivity index (χ2n) is 8.78. The van der Waals surface area contributed by atoms with Gasteiger partial charge in [0.1, 0.15) is 11.5 Å². The highest BCUT2D eigenvalue weighted by molar-refractivity contribution is 6.46. The van der Waals surface area contributed by atoms with Gasteiger partial charge in [0.25, 0.3) is 11.7 Å². The standard InChI is InChI=1S/C29H30N2O4/c1-5-19-10-12-21(13-11-19)27(32)25-26(20-14-16-23(17-15-20)30(2)3)31(29(34)28(25)33)18-22-8-6-7-9-24(22)35-4/h6-17,26,32H,5,18H2,1-4H3/b27-25-. The van der Waals surface area contributed by atoms with Gasteiger partial charge in [0.05, 0.1) is 25.3 Å². The molecule has 3 aromatic carbocycles. The van der Waals surface area contributed by atoms with Gasteiger partial charge in [-0.3, -0.25) is 9.59 Å². The number of hydrogen-bond donors (Lipinski definition) is 1. The molecule has 6 nitrogen and oxygen atoms in total. The normalized spacial score (nSPS) is 17.0. The fourth-order valence-electron chi connectivity index (χ4n) is 4.42. The Bertz CT molecular complexity index is 1260. The number of nitrogens with zero attached hydrogens (tertiary/aromatic N) is 2. The molecule has 1 heterocycles. The van der Waals surface area contributed by atoms with E-state index in [4.69, 9.17) is 4.74 Å². The molecule has 0 aliphatic carbocycles. The molecule has 0 bridgehead atoms. The van der Waals surface area contributed by atoms with E-state index >= 15 is 0 Å². The lowest BCUT2D eigenvalue weighted by molar-refractivity contribution is -0.140. The van der Waals surface area contributed by atoms with Crippen LogP contribution in [0, 0.1) is 0 Å². The van der Waals surface area contributed by atoms with Crippen molar-refractivity contribution in [3.05, 3.63) is 101 Å². The fraction of sp³-hybridized carbons (Fsp3) is 0.241. The largest absolute Gasteiger partial charge is 0.507 e. The lowest BCUT2D eigenvalue weighted by Crippen LogP contribution is -2.29. The number of carbonyl (C=O) groups is 2. The molecule has 0 saturated carbocycles. The van der Waals surface area contributed by atoms with E-state index in [0.717, 1.165) is 28.8 Å². The molecule has 1 aliphatic heterocycles. The molecule has 1 aliphatic rings. The van der Waals surface area contributed by atoms with Gasteiger partial charge in [-0.15, -0.1) is 0 Å². The van der Waals surface area contributed by atoms with E-state index in [1.54, 1.807) is 19.2 Å². The third-order valence-electron chi connectivity index (χ3n) is 6.43. The zero-order valence-corrected chi connectivity index (χ0v) is 20.5. The average Bonchev–Trinajstić information content (AvgIpc) is 3.13. The zero-order valence-electron chi connectivity index (χ0n) is 20.5. The highest BCUT2D eigenvalue weighted by Gasteiger charge is 2.46. The summed E-state index contributed by atoms with van der Waals surface area (Å²) in [6, 6.07) is 21.8. The van der Waals surface area contributed by atoms with E-state index in [1.165, 1.54) is 4.90 Å². The van der Waals surface area contributed by atoms with Crippen molar-refractivity contribution in [1.29, 1.82) is 0 Å². The first-order valence-corrected chi connectivity index (χ1v) is 11.6. The van der Waals surface area contributed by atoms with Crippen LogP contribution in [0.2, 0.25) is 0 Å². The topological polar surface area (TPSA) is 70.1 Å². The van der Waals surface area contributed by atoms with Gasteiger partial charge in [-0.05, 0) is 35.7 Å². The molecule has 0 radical (unpaired) electrons. The number of para-hydroxylation sites is 1. The number of aryl methyl sites for hydroxylation is 1. The third-order valence-corrected chi connectivity index (χ3v) is 6.43. The predicted octanol–water partition coefficient (Wildman–Crippen LogP) is 4.95. The number of hydrogen-bond acceptors (Lipinski definition) is 5. The number of rotatable bonds is 7. The van der Waals surface area contributed by atoms with Crippen LogP contribution in [0.25, 0.3) is 5.76 Å². The summed E-state index contributed by atoms with van der Waals surface area (Å²) in [4.78, 5) is 30.1. The maximum Gasteiger partial charge on any atom is 0.295 e. The number of ketones is 1. The van der Waals surface area contributed by atoms with Crippen LogP contribution >= 0.6 is 0 Å². The minimum atomic E-state index is -0.734. The Morgan fingerprint density at radius 1 is 0.971 bits per heavy atom. The molecule has 1 fully saturated rings. The number of ether oxygens (including phenoxy) is 1. The molecule has 1 saturated heterocycles. The summed E-state index contributed by atoms with van der Waals surface area (Å²) in [6.07, 6.45) is 0.864. The zero-order chi connectivity index (χ0) is 25.1. The monoisotopic (exact) mass is 470 g/mol. The van der Waals surface area contributed by atoms with Crippen LogP contribution in [0.5, 0.6) is 5.75 Å². The number of likely N-dealkylation sites (tertiary alicyclic amines) is 1. The molecule has 4 rings (SSSR count). The first kappa shape index (κ1) is 24.1. The molecule has 35 heavy (non-hydrogen) atoms. The Morgan fingerprint density at radius 3 is 2.23 bits per heavy atom. The number of carbonyl (C=O) groups excluding carboxylic acids is 2. The van der Waals surface area contributed by atoms with Crippen molar-refractivity contribution in [3.63, 3.8) is 0 Å². The molecule has 1 unspecified atom stereocenters. The van der Waals surface area contributed by atoms with Crippen molar-refractivity contribution < 1.29 is 19.4 Å². The Balaban J connectivity index is 1.85. The number of aliphatic hydroxyl groups is 1. The summed E-state index contributed by atoms with van der Waals surface area (Å²) in [7, 11) is 5.47. The summed E-state index contributed by atoms with van der Waals surface area (Å²) in [5.74, 6) is -0.885. The van der Waals surface area contributed by atoms with Crippen LogP contribution in [0.1, 0.15) is 35.2 Å². The van der Waals surface area contributed by atoms with Gasteiger partial charge in [-0.25, -0.2) is 0 Å². The molecule has 1 atom stereocenters. The van der Waals surface area contributed by atoms with E-state index in [-0.39, 0.29) is 17.9 Å². The second kappa shape index (κ2) is 10.1. The maximum absolute atomic E-state index is 13.3. The lowest BCUT2D eigenvalue weighted by atomic mass is 9.94. The van der Waals surface area contributed by atoms with E-state index in [0.29, 0.717) is 11.3 Å². The highest BCUT2D eigenvalue weighted by Crippen LogP contribution is 2.41. The van der Waals surface area contributed by atoms with Crippen molar-refractivity contribution in [3.8, 4) is 5.75 Å². The van der Waals surface area contributed by atoms with Crippen molar-refractivity contribution in [1.82, 2.24) is 4.90 Å². The molecule has 6 heteroatoms. The first-order valence-electron chi connectivity index (χ1n) is 11.6. The molecular formula is C29H30N2O4. The van der Waals surface area contributed by atoms with Gasteiger partial charge in [-0.2, -0.15) is 0 Å². The average molecular weight is 471 g/mol. The Hall–Kier alpha value is -4.06. The summed E-state index contributed by atoms with van der Waals surface area (Å²) in [5.41, 5.74) is 4.23. The number of methoxy groups -OCH3 is 1. The fourth-order valence-corrected chi connectivity index (χ4v) is 4.42. The van der Waals surface area contributed by atoms with Crippen LogP contribution in [0.15, 0.2) is 78.4 Å². The third kappa shape index (κ3) is 4.64. The Kier molecular flexibility index (Phi) is 6.92. The van der Waals surface area contributed by atoms with Gasteiger partial charge < -0.3 is 19.6 Å². The molecule has 1 N–H and O–H groups in total. The maximum atomic E-state index is 13.3. The molecular weight excluding hydrogens is 440 g/mol. The summed E-state index contributed by atoms with van der Waals surface area (Å²) in [6.45, 7) is 2.22. The van der Waals surface area contributed by atoms with Gasteiger partial charge in [0, 0.05) is 30.9 Å². The predicted molar refractivity (Wildman–Crippen MR) is 137 cm³/mol. The van der Waals surface area contributed by atoms with Gasteiger partial charge in [0.2, 0.25) is 0 Å². The SMILES string of the molecule is CCc1ccc(/C(O)=C2/C(=O)C(=O)N(Cc3ccccc3OC)C2c2ccc(N(C)C)cc2)cc1. The van der Waals surface area contributed by atoms with E-state index in [1.807, 2.05) is 79.7 Å².